The van der Waals surface area contributed by atoms with E-state index < -0.39 is 20.1 Å². The third kappa shape index (κ3) is 2.04. The molecule has 0 atom stereocenters. The van der Waals surface area contributed by atoms with Gasteiger partial charge in [0.15, 0.2) is 0 Å². The topological polar surface area (TPSA) is 44.8 Å². The van der Waals surface area contributed by atoms with Gasteiger partial charge in [0.25, 0.3) is 0 Å². The van der Waals surface area contributed by atoms with Crippen molar-refractivity contribution in [2.75, 3.05) is 0 Å². The summed E-state index contributed by atoms with van der Waals surface area (Å²) in [5, 5.41) is 0. The van der Waals surface area contributed by atoms with E-state index in [2.05, 4.69) is 9.66 Å². The Hall–Kier alpha value is 0.288. The summed E-state index contributed by atoms with van der Waals surface area (Å²) in [5.41, 5.74) is 0. The molecule has 0 aliphatic heterocycles. The maximum atomic E-state index is 10.6. The van der Waals surface area contributed by atoms with Gasteiger partial charge in [0.05, 0.1) is 0 Å². The molecule has 0 aromatic rings. The van der Waals surface area contributed by atoms with Crippen molar-refractivity contribution in [2.24, 2.45) is 0 Å². The van der Waals surface area contributed by atoms with Crippen molar-refractivity contribution in [3.8, 4) is 0 Å². The summed E-state index contributed by atoms with van der Waals surface area (Å²) in [6, 6.07) is 0. The number of hydrogen-bond donors (Lipinski definition) is 0. The normalized spacial score (nSPS) is 11.9. The van der Waals surface area contributed by atoms with Crippen LogP contribution in [0.25, 0.3) is 0 Å². The molecule has 0 aliphatic rings. The molecule has 0 fully saturated rings. The van der Waals surface area contributed by atoms with Crippen LogP contribution in [0, 0.1) is 0 Å². The molecule has 0 radical (unpaired) electrons. The molecule has 0 saturated heterocycles. The van der Waals surface area contributed by atoms with Crippen LogP contribution in [0.5, 0.6) is 0 Å². The van der Waals surface area contributed by atoms with Crippen LogP contribution >= 0.6 is 0 Å². The van der Waals surface area contributed by atoms with Gasteiger partial charge in [-0.25, -0.2) is 0 Å². The van der Waals surface area contributed by atoms with Gasteiger partial charge in [-0.2, -0.15) is 0 Å². The first-order valence-corrected chi connectivity index (χ1v) is 5.36. The Labute approximate surface area is 46.9 Å². The van der Waals surface area contributed by atoms with Crippen molar-refractivity contribution in [2.45, 2.75) is 0 Å². The van der Waals surface area contributed by atoms with E-state index in [4.69, 9.17) is 0 Å². The third-order valence-corrected chi connectivity index (χ3v) is 1.70. The van der Waals surface area contributed by atoms with Gasteiger partial charge in [0.2, 0.25) is 0 Å². The Bertz CT molecular complexity index is 82.4. The zero-order chi connectivity index (χ0) is 6.62. The summed E-state index contributed by atoms with van der Waals surface area (Å²) in [6.45, 7) is 0. The minimum atomic E-state index is -5.99. The molecule has 0 heterocycles. The van der Waals surface area contributed by atoms with Gasteiger partial charge in [-0.1, -0.05) is 0 Å². The molecule has 0 unspecified atom stereocenters. The number of halogens is 3. The van der Waals surface area contributed by atoms with E-state index in [0.717, 1.165) is 0 Å². The van der Waals surface area contributed by atoms with E-state index in [1.54, 1.807) is 0 Å². The van der Waals surface area contributed by atoms with Crippen LogP contribution in [-0.2, 0) is 12.7 Å². The predicted octanol–water partition coefficient (Wildman–Crippen LogP) is 0.556. The molecule has 0 N–H and O–H groups in total. The fraction of sp³-hybridized carbons (Fsp3) is 0. The van der Waals surface area contributed by atoms with Crippen molar-refractivity contribution in [3.63, 3.8) is 0 Å². The van der Waals surface area contributed by atoms with Crippen LogP contribution in [0.4, 0.5) is 13.6 Å². The van der Waals surface area contributed by atoms with Crippen molar-refractivity contribution >= 4 is 20.1 Å². The first kappa shape index (κ1) is 8.29. The average Bonchev–Trinajstić information content (AvgIpc) is 1.87. The molecule has 0 spiro atoms. The van der Waals surface area contributed by atoms with Crippen LogP contribution < -0.4 is 0 Å². The van der Waals surface area contributed by atoms with Crippen molar-refractivity contribution in [3.05, 3.63) is 0 Å². The van der Waals surface area contributed by atoms with Crippen LogP contribution in [0.1, 0.15) is 0 Å². The Balaban J connectivity index is 3.79. The van der Waals surface area contributed by atoms with Crippen LogP contribution in [-0.4, -0.2) is 20.1 Å². The summed E-state index contributed by atoms with van der Waals surface area (Å²) >= 11 is -5.99. The van der Waals surface area contributed by atoms with E-state index in [9.17, 15) is 16.6 Å². The molecule has 0 bridgehead atoms. The summed E-state index contributed by atoms with van der Waals surface area (Å²) in [6.07, 6.45) is 0. The molecule has 0 aromatic heterocycles. The molecule has 8 heavy (non-hydrogen) atoms. The monoisotopic (exact) mass is 242 g/mol. The second-order valence-corrected chi connectivity index (χ2v) is 4.39. The Morgan fingerprint density at radius 3 is 1.25 bits per heavy atom. The molecule has 0 aromatic carbocycles. The van der Waals surface area contributed by atoms with Crippen molar-refractivity contribution in [1.29, 1.82) is 0 Å². The maximum absolute atomic E-state index is 10.6. The number of rotatable bonds is 3. The molecule has 50 valence electrons. The van der Waals surface area contributed by atoms with Crippen LogP contribution in [0.3, 0.4) is 0 Å². The molecule has 4 nitrogen and oxygen atoms in total. The van der Waals surface area contributed by atoms with E-state index in [1.165, 1.54) is 0 Å². The zero-order valence-corrected chi connectivity index (χ0v) is 5.77. The standard InChI is InChI=1S/3FO.O.Sb/c3*1-2;;/q3*-1;;+3. The fourth-order valence-corrected chi connectivity index (χ4v) is 0.214. The van der Waals surface area contributed by atoms with E-state index in [1.807, 2.05) is 0 Å². The first-order chi connectivity index (χ1) is 3.68. The van der Waals surface area contributed by atoms with Gasteiger partial charge in [-0.3, -0.25) is 0 Å². The van der Waals surface area contributed by atoms with Gasteiger partial charge >= 0.3 is 46.3 Å². The van der Waals surface area contributed by atoms with E-state index in [0.29, 0.717) is 0 Å². The van der Waals surface area contributed by atoms with Crippen LogP contribution in [0.2, 0.25) is 0 Å². The Morgan fingerprint density at radius 1 is 1.00 bits per heavy atom. The fourth-order valence-electron chi connectivity index (χ4n) is 0.0319. The molecule has 0 amide bonds. The predicted molar refractivity (Wildman–Crippen MR) is 13.0 cm³/mol. The molecular weight excluding hydrogens is 243 g/mol. The zero-order valence-electron chi connectivity index (χ0n) is 3.21. The Morgan fingerprint density at radius 2 is 1.25 bits per heavy atom. The SMILES string of the molecule is [O]=[Sb]([O]F)([O]F)[O]F. The van der Waals surface area contributed by atoms with Gasteiger partial charge < -0.3 is 0 Å². The summed E-state index contributed by atoms with van der Waals surface area (Å²) in [4.78, 5) is 0. The van der Waals surface area contributed by atoms with E-state index in [-0.39, 0.29) is 0 Å². The molecule has 0 rings (SSSR count). The Kier molecular flexibility index (Phi) is 3.46. The van der Waals surface area contributed by atoms with Gasteiger partial charge in [-0.05, 0) is 0 Å². The molecule has 0 aliphatic carbocycles. The van der Waals surface area contributed by atoms with Gasteiger partial charge in [0, 0.05) is 0 Å². The van der Waals surface area contributed by atoms with E-state index >= 15 is 0 Å². The summed E-state index contributed by atoms with van der Waals surface area (Å²) in [5.74, 6) is 0. The second-order valence-electron chi connectivity index (χ2n) is 0.654. The minimum absolute atomic E-state index is 2.19. The summed E-state index contributed by atoms with van der Waals surface area (Å²) in [7, 11) is 0. The average molecular weight is 243 g/mol. The molecule has 0 saturated carbocycles. The van der Waals surface area contributed by atoms with Gasteiger partial charge in [0.1, 0.15) is 0 Å². The van der Waals surface area contributed by atoms with Crippen molar-refractivity contribution < 1.29 is 26.3 Å². The summed E-state index contributed by atoms with van der Waals surface area (Å²) < 4.78 is 47.9. The molecule has 8 heteroatoms. The quantitative estimate of drug-likeness (QED) is 0.679. The number of hydrogen-bond acceptors (Lipinski definition) is 4. The van der Waals surface area contributed by atoms with Crippen molar-refractivity contribution in [1.82, 2.24) is 0 Å². The third-order valence-electron chi connectivity index (χ3n) is 0.254. The van der Waals surface area contributed by atoms with Gasteiger partial charge in [-0.15, -0.1) is 0 Å². The van der Waals surface area contributed by atoms with Crippen LogP contribution in [0.15, 0.2) is 0 Å². The second kappa shape index (κ2) is 3.34. The molecular formula is F3O4Sb. The first-order valence-electron chi connectivity index (χ1n) is 1.19.